The lowest BCUT2D eigenvalue weighted by Gasteiger charge is -2.06. The Labute approximate surface area is 151 Å². The molecular formula is C20H21N5O. The minimum absolute atomic E-state index is 0.455. The van der Waals surface area contributed by atoms with E-state index in [1.54, 1.807) is 6.20 Å². The standard InChI is InChI=1S/C20H21N5O/c1-3-12-25-20-18(14(2)24-25)22-19(23-20)15-7-9-17(10-8-15)26-13-16-6-4-5-11-21-16/h4-11H,3,12-13H2,1-2H3,(H,22,23). The lowest BCUT2D eigenvalue weighted by molar-refractivity contribution is 0.301. The molecule has 0 aliphatic rings. The molecule has 0 amide bonds. The summed E-state index contributed by atoms with van der Waals surface area (Å²) >= 11 is 0. The number of H-pyrrole nitrogens is 1. The molecule has 0 aliphatic carbocycles. The van der Waals surface area contributed by atoms with Gasteiger partial charge in [0.15, 0.2) is 5.65 Å². The van der Waals surface area contributed by atoms with Gasteiger partial charge in [-0.1, -0.05) is 13.0 Å². The van der Waals surface area contributed by atoms with Crippen LogP contribution in [0.5, 0.6) is 5.75 Å². The molecule has 1 N–H and O–H groups in total. The first kappa shape index (κ1) is 16.3. The van der Waals surface area contributed by atoms with Gasteiger partial charge < -0.3 is 9.72 Å². The Morgan fingerprint density at radius 3 is 2.69 bits per heavy atom. The number of benzene rings is 1. The van der Waals surface area contributed by atoms with Crippen LogP contribution in [0.4, 0.5) is 0 Å². The maximum Gasteiger partial charge on any atom is 0.177 e. The summed E-state index contributed by atoms with van der Waals surface area (Å²) in [5.74, 6) is 1.66. The number of nitrogens with one attached hydrogen (secondary N) is 1. The predicted molar refractivity (Wildman–Crippen MR) is 101 cm³/mol. The number of fused-ring (bicyclic) bond motifs is 1. The van der Waals surface area contributed by atoms with Gasteiger partial charge in [0.05, 0.1) is 11.4 Å². The van der Waals surface area contributed by atoms with Crippen molar-refractivity contribution in [3.05, 3.63) is 60.0 Å². The van der Waals surface area contributed by atoms with Crippen molar-refractivity contribution < 1.29 is 4.74 Å². The van der Waals surface area contributed by atoms with Gasteiger partial charge in [-0.2, -0.15) is 5.10 Å². The number of hydrogen-bond acceptors (Lipinski definition) is 4. The van der Waals surface area contributed by atoms with Crippen LogP contribution in [0.2, 0.25) is 0 Å². The van der Waals surface area contributed by atoms with E-state index >= 15 is 0 Å². The summed E-state index contributed by atoms with van der Waals surface area (Å²) in [6, 6.07) is 13.7. The largest absolute Gasteiger partial charge is 0.487 e. The maximum atomic E-state index is 5.79. The van der Waals surface area contributed by atoms with Crippen LogP contribution in [-0.2, 0) is 13.2 Å². The second-order valence-electron chi connectivity index (χ2n) is 6.23. The Kier molecular flexibility index (Phi) is 4.39. The molecule has 0 saturated heterocycles. The van der Waals surface area contributed by atoms with Gasteiger partial charge in [0.1, 0.15) is 23.7 Å². The highest BCUT2D eigenvalue weighted by atomic mass is 16.5. The molecule has 4 aromatic rings. The first-order valence-electron chi connectivity index (χ1n) is 8.81. The topological polar surface area (TPSA) is 68.6 Å². The van der Waals surface area contributed by atoms with Crippen molar-refractivity contribution in [2.45, 2.75) is 33.4 Å². The molecule has 6 heteroatoms. The molecule has 3 aromatic heterocycles. The van der Waals surface area contributed by atoms with E-state index in [0.29, 0.717) is 6.61 Å². The van der Waals surface area contributed by atoms with E-state index in [0.717, 1.165) is 52.7 Å². The minimum atomic E-state index is 0.455. The molecule has 0 unspecified atom stereocenters. The van der Waals surface area contributed by atoms with Crippen molar-refractivity contribution in [1.29, 1.82) is 0 Å². The van der Waals surface area contributed by atoms with Crippen LogP contribution in [0.3, 0.4) is 0 Å². The van der Waals surface area contributed by atoms with E-state index in [1.807, 2.05) is 54.1 Å². The van der Waals surface area contributed by atoms with Crippen molar-refractivity contribution in [3.63, 3.8) is 0 Å². The number of aryl methyl sites for hydroxylation is 2. The predicted octanol–water partition coefficient (Wildman–Crippen LogP) is 4.12. The number of nitrogens with zero attached hydrogens (tertiary/aromatic N) is 4. The third kappa shape index (κ3) is 3.18. The van der Waals surface area contributed by atoms with Crippen molar-refractivity contribution in [2.24, 2.45) is 0 Å². The van der Waals surface area contributed by atoms with Crippen LogP contribution in [0.25, 0.3) is 22.6 Å². The minimum Gasteiger partial charge on any atom is -0.487 e. The Bertz CT molecular complexity index is 1000. The molecule has 0 atom stereocenters. The average Bonchev–Trinajstić information content (AvgIpc) is 3.23. The molecule has 6 nitrogen and oxygen atoms in total. The third-order valence-corrected chi connectivity index (χ3v) is 4.24. The van der Waals surface area contributed by atoms with Crippen molar-refractivity contribution in [3.8, 4) is 17.1 Å². The Balaban J connectivity index is 1.53. The van der Waals surface area contributed by atoms with Crippen LogP contribution >= 0.6 is 0 Å². The molecule has 0 fully saturated rings. The molecule has 26 heavy (non-hydrogen) atoms. The molecule has 0 radical (unpaired) electrons. The number of aromatic nitrogens is 5. The summed E-state index contributed by atoms with van der Waals surface area (Å²) in [7, 11) is 0. The number of pyridine rings is 1. The van der Waals surface area contributed by atoms with E-state index in [1.165, 1.54) is 0 Å². The van der Waals surface area contributed by atoms with Crippen LogP contribution in [0, 0.1) is 6.92 Å². The van der Waals surface area contributed by atoms with Crippen LogP contribution < -0.4 is 4.74 Å². The molecule has 0 spiro atoms. The van der Waals surface area contributed by atoms with Crippen LogP contribution in [0.1, 0.15) is 24.7 Å². The number of aromatic amines is 1. The van der Waals surface area contributed by atoms with Gasteiger partial charge in [-0.15, -0.1) is 0 Å². The first-order chi connectivity index (χ1) is 12.7. The van der Waals surface area contributed by atoms with Crippen molar-refractivity contribution >= 4 is 11.2 Å². The molecule has 0 aliphatic heterocycles. The number of ether oxygens (including phenoxy) is 1. The van der Waals surface area contributed by atoms with E-state index in [9.17, 15) is 0 Å². The summed E-state index contributed by atoms with van der Waals surface area (Å²) in [6.45, 7) is 5.47. The highest BCUT2D eigenvalue weighted by molar-refractivity contribution is 5.78. The molecule has 3 heterocycles. The fraction of sp³-hybridized carbons (Fsp3) is 0.250. The van der Waals surface area contributed by atoms with Gasteiger partial charge in [-0.05, 0) is 49.7 Å². The second kappa shape index (κ2) is 7.00. The summed E-state index contributed by atoms with van der Waals surface area (Å²) in [6.07, 6.45) is 2.80. The number of hydrogen-bond donors (Lipinski definition) is 1. The summed E-state index contributed by atoms with van der Waals surface area (Å²) in [5.41, 5.74) is 4.82. The molecule has 1 aromatic carbocycles. The summed E-state index contributed by atoms with van der Waals surface area (Å²) < 4.78 is 7.76. The highest BCUT2D eigenvalue weighted by Gasteiger charge is 2.13. The zero-order valence-corrected chi connectivity index (χ0v) is 14.9. The normalized spacial score (nSPS) is 11.2. The van der Waals surface area contributed by atoms with E-state index in [4.69, 9.17) is 9.72 Å². The Morgan fingerprint density at radius 2 is 1.96 bits per heavy atom. The van der Waals surface area contributed by atoms with Crippen LogP contribution in [0.15, 0.2) is 48.7 Å². The monoisotopic (exact) mass is 347 g/mol. The van der Waals surface area contributed by atoms with Gasteiger partial charge in [-0.25, -0.2) is 9.67 Å². The Morgan fingerprint density at radius 1 is 1.12 bits per heavy atom. The zero-order chi connectivity index (χ0) is 17.9. The lowest BCUT2D eigenvalue weighted by Crippen LogP contribution is -1.99. The van der Waals surface area contributed by atoms with Gasteiger partial charge in [-0.3, -0.25) is 4.98 Å². The molecule has 4 rings (SSSR count). The second-order valence-corrected chi connectivity index (χ2v) is 6.23. The van der Waals surface area contributed by atoms with E-state index < -0.39 is 0 Å². The van der Waals surface area contributed by atoms with Crippen molar-refractivity contribution in [1.82, 2.24) is 24.7 Å². The zero-order valence-electron chi connectivity index (χ0n) is 14.9. The van der Waals surface area contributed by atoms with Gasteiger partial charge in [0, 0.05) is 18.3 Å². The molecule has 0 bridgehead atoms. The highest BCUT2D eigenvalue weighted by Crippen LogP contribution is 2.24. The fourth-order valence-electron chi connectivity index (χ4n) is 2.94. The van der Waals surface area contributed by atoms with Crippen LogP contribution in [-0.4, -0.2) is 24.7 Å². The van der Waals surface area contributed by atoms with Crippen molar-refractivity contribution in [2.75, 3.05) is 0 Å². The molecule has 0 saturated carbocycles. The quantitative estimate of drug-likeness (QED) is 0.570. The number of imidazole rings is 1. The van der Waals surface area contributed by atoms with E-state index in [2.05, 4.69) is 22.0 Å². The van der Waals surface area contributed by atoms with Gasteiger partial charge in [0.25, 0.3) is 0 Å². The summed E-state index contributed by atoms with van der Waals surface area (Å²) in [5, 5.41) is 4.54. The lowest BCUT2D eigenvalue weighted by atomic mass is 10.2. The SMILES string of the molecule is CCCn1nc(C)c2[nH]c(-c3ccc(OCc4ccccn4)cc3)nc21. The van der Waals surface area contributed by atoms with Gasteiger partial charge in [0.2, 0.25) is 0 Å². The third-order valence-electron chi connectivity index (χ3n) is 4.24. The molecular weight excluding hydrogens is 326 g/mol. The summed E-state index contributed by atoms with van der Waals surface area (Å²) in [4.78, 5) is 12.4. The molecule has 132 valence electrons. The smallest absolute Gasteiger partial charge is 0.177 e. The fourth-order valence-corrected chi connectivity index (χ4v) is 2.94. The van der Waals surface area contributed by atoms with Gasteiger partial charge >= 0.3 is 0 Å². The number of rotatable bonds is 6. The maximum absolute atomic E-state index is 5.79. The average molecular weight is 347 g/mol. The Hall–Kier alpha value is -3.15. The first-order valence-corrected chi connectivity index (χ1v) is 8.81. The van der Waals surface area contributed by atoms with E-state index in [-0.39, 0.29) is 0 Å².